The largest absolute Gasteiger partial charge is 0.822 e. The maximum absolute atomic E-state index is 8.55. The van der Waals surface area contributed by atoms with Gasteiger partial charge >= 0.3 is 0 Å². The second kappa shape index (κ2) is 7.26. The summed E-state index contributed by atoms with van der Waals surface area (Å²) in [4.78, 5) is 25.6. The molecule has 0 spiro atoms. The summed E-state index contributed by atoms with van der Waals surface area (Å²) in [5.74, 6) is 0.434. The van der Waals surface area contributed by atoms with E-state index in [1.807, 2.05) is 24.3 Å². The average Bonchev–Trinajstić information content (AvgIpc) is 2.77. The minimum Gasteiger partial charge on any atom is -0.822 e. The summed E-state index contributed by atoms with van der Waals surface area (Å²) in [6.07, 6.45) is 0. The van der Waals surface area contributed by atoms with E-state index in [1.165, 1.54) is 0 Å². The van der Waals surface area contributed by atoms with E-state index in [0.29, 0.717) is 5.92 Å². The molecule has 20 heavy (non-hydrogen) atoms. The molecule has 1 aromatic heterocycles. The van der Waals surface area contributed by atoms with Crippen molar-refractivity contribution in [3.05, 3.63) is 34.3 Å². The van der Waals surface area contributed by atoms with Crippen molar-refractivity contribution in [3.8, 4) is 10.6 Å². The summed E-state index contributed by atoms with van der Waals surface area (Å²) in [5, 5.41) is 11.1. The molecule has 0 saturated carbocycles. The molecule has 2 aromatic rings. The Bertz CT molecular complexity index is 588. The van der Waals surface area contributed by atoms with Crippen molar-refractivity contribution in [1.82, 2.24) is 10.2 Å². The standard InChI is InChI=1S/C11H11ClN2S.H3O4P/c1-7(2)10-13-14-11(15-10)8-3-5-9(12)6-4-8;1-5(2,3)4/h3-7H,1-2H3;(H3,1,2,3,4)/p-3. The molecule has 0 unspecified atom stereocenters. The Kier molecular flexibility index (Phi) is 6.26. The van der Waals surface area contributed by atoms with Crippen molar-refractivity contribution in [2.24, 2.45) is 0 Å². The van der Waals surface area contributed by atoms with Crippen LogP contribution in [0.4, 0.5) is 0 Å². The van der Waals surface area contributed by atoms with Crippen LogP contribution in [0.2, 0.25) is 5.02 Å². The van der Waals surface area contributed by atoms with E-state index >= 15 is 0 Å². The van der Waals surface area contributed by atoms with Crippen LogP contribution in [-0.4, -0.2) is 10.2 Å². The van der Waals surface area contributed by atoms with E-state index in [1.54, 1.807) is 11.3 Å². The van der Waals surface area contributed by atoms with Crippen molar-refractivity contribution in [2.75, 3.05) is 0 Å². The summed E-state index contributed by atoms with van der Waals surface area (Å²) in [6.45, 7) is 4.23. The van der Waals surface area contributed by atoms with Gasteiger partial charge in [-0.1, -0.05) is 48.9 Å². The van der Waals surface area contributed by atoms with E-state index in [0.717, 1.165) is 20.6 Å². The molecule has 0 amide bonds. The van der Waals surface area contributed by atoms with E-state index in [-0.39, 0.29) is 0 Å². The van der Waals surface area contributed by atoms with Crippen molar-refractivity contribution in [2.45, 2.75) is 19.8 Å². The monoisotopic (exact) mass is 333 g/mol. The van der Waals surface area contributed by atoms with Crippen LogP contribution in [0.1, 0.15) is 24.8 Å². The number of aromatic nitrogens is 2. The molecule has 0 bridgehead atoms. The summed E-state index contributed by atoms with van der Waals surface area (Å²) in [7, 11) is -5.39. The normalized spacial score (nSPS) is 11.2. The smallest absolute Gasteiger partial charge is 0.147 e. The highest BCUT2D eigenvalue weighted by Gasteiger charge is 2.08. The predicted molar refractivity (Wildman–Crippen MR) is 72.1 cm³/mol. The molecule has 0 aliphatic heterocycles. The van der Waals surface area contributed by atoms with Crippen LogP contribution >= 0.6 is 30.8 Å². The number of nitrogens with zero attached hydrogens (tertiary/aromatic N) is 2. The third-order valence-electron chi connectivity index (χ3n) is 2.03. The maximum atomic E-state index is 8.55. The van der Waals surface area contributed by atoms with E-state index in [9.17, 15) is 0 Å². The van der Waals surface area contributed by atoms with Gasteiger partial charge in [0.1, 0.15) is 10.0 Å². The highest BCUT2D eigenvalue weighted by molar-refractivity contribution is 7.40. The fourth-order valence-electron chi connectivity index (χ4n) is 1.18. The lowest BCUT2D eigenvalue weighted by atomic mass is 10.2. The first-order valence-corrected chi connectivity index (χ1v) is 8.14. The van der Waals surface area contributed by atoms with Gasteiger partial charge in [0.25, 0.3) is 0 Å². The van der Waals surface area contributed by atoms with Crippen molar-refractivity contribution in [1.29, 1.82) is 0 Å². The van der Waals surface area contributed by atoms with Crippen LogP contribution in [0, 0.1) is 0 Å². The van der Waals surface area contributed by atoms with Gasteiger partial charge in [-0.05, 0) is 12.1 Å². The van der Waals surface area contributed by atoms with Crippen molar-refractivity contribution >= 4 is 30.8 Å². The number of halogens is 1. The molecule has 0 saturated heterocycles. The van der Waals surface area contributed by atoms with Crippen LogP contribution < -0.4 is 14.7 Å². The molecule has 1 aromatic carbocycles. The van der Waals surface area contributed by atoms with Crippen LogP contribution in [0.5, 0.6) is 0 Å². The van der Waals surface area contributed by atoms with E-state index in [4.69, 9.17) is 30.8 Å². The molecule has 9 heteroatoms. The topological polar surface area (TPSA) is 112 Å². The van der Waals surface area contributed by atoms with Gasteiger partial charge in [-0.25, -0.2) is 0 Å². The highest BCUT2D eigenvalue weighted by Crippen LogP contribution is 2.27. The number of hydrogen-bond acceptors (Lipinski definition) is 7. The molecule has 0 aliphatic carbocycles. The Balaban J connectivity index is 0.000000347. The van der Waals surface area contributed by atoms with Gasteiger partial charge < -0.3 is 19.2 Å². The average molecular weight is 334 g/mol. The summed E-state index contributed by atoms with van der Waals surface area (Å²) >= 11 is 7.46. The number of rotatable bonds is 2. The fraction of sp³-hybridized carbons (Fsp3) is 0.273. The Labute approximate surface area is 125 Å². The molecule has 0 atom stereocenters. The molecule has 0 fully saturated rings. The Morgan fingerprint density at radius 2 is 1.65 bits per heavy atom. The lowest BCUT2D eigenvalue weighted by Gasteiger charge is -2.36. The van der Waals surface area contributed by atoms with Gasteiger partial charge in [-0.3, -0.25) is 0 Å². The van der Waals surface area contributed by atoms with Crippen LogP contribution in [0.15, 0.2) is 24.3 Å². The molecule has 0 aliphatic rings. The predicted octanol–water partition coefficient (Wildman–Crippen LogP) is 1.16. The molecule has 2 rings (SSSR count). The number of benzene rings is 1. The van der Waals surface area contributed by atoms with Crippen molar-refractivity contribution in [3.63, 3.8) is 0 Å². The first kappa shape index (κ1) is 17.2. The first-order chi connectivity index (χ1) is 9.16. The minimum absolute atomic E-state index is 0.434. The zero-order valence-corrected chi connectivity index (χ0v) is 13.1. The molecular weight excluding hydrogens is 323 g/mol. The second-order valence-electron chi connectivity index (χ2n) is 4.05. The van der Waals surface area contributed by atoms with Crippen LogP contribution in [0.3, 0.4) is 0 Å². The van der Waals surface area contributed by atoms with Crippen LogP contribution in [-0.2, 0) is 4.57 Å². The quantitative estimate of drug-likeness (QED) is 0.762. The lowest BCUT2D eigenvalue weighted by molar-refractivity contribution is -0.432. The molecule has 0 N–H and O–H groups in total. The van der Waals surface area contributed by atoms with Gasteiger partial charge in [0, 0.05) is 16.5 Å². The van der Waals surface area contributed by atoms with Gasteiger partial charge in [-0.15, -0.1) is 10.2 Å². The molecule has 1 heterocycles. The van der Waals surface area contributed by atoms with Crippen molar-refractivity contribution < 1.29 is 19.2 Å². The van der Waals surface area contributed by atoms with Gasteiger partial charge in [0.2, 0.25) is 0 Å². The summed E-state index contributed by atoms with van der Waals surface area (Å²) in [5.41, 5.74) is 1.07. The fourth-order valence-corrected chi connectivity index (χ4v) is 2.15. The second-order valence-corrected chi connectivity index (χ2v) is 6.39. The van der Waals surface area contributed by atoms with Gasteiger partial charge in [0.15, 0.2) is 0 Å². The van der Waals surface area contributed by atoms with Gasteiger partial charge in [-0.2, -0.15) is 7.82 Å². The first-order valence-electron chi connectivity index (χ1n) is 5.49. The zero-order valence-electron chi connectivity index (χ0n) is 10.6. The Hall–Kier alpha value is -0.820. The van der Waals surface area contributed by atoms with E-state index < -0.39 is 7.82 Å². The lowest BCUT2D eigenvalue weighted by Crippen LogP contribution is -2.24. The number of phosphoric acid groups is 1. The van der Waals surface area contributed by atoms with Crippen LogP contribution in [0.25, 0.3) is 10.6 Å². The molecular formula is C11H11ClN2O4PS-3. The maximum Gasteiger partial charge on any atom is 0.147 e. The third-order valence-corrected chi connectivity index (χ3v) is 3.55. The molecule has 110 valence electrons. The van der Waals surface area contributed by atoms with Gasteiger partial charge in [0.05, 0.1) is 0 Å². The summed E-state index contributed by atoms with van der Waals surface area (Å²) in [6, 6.07) is 7.67. The SMILES string of the molecule is CC(C)c1nnc(-c2ccc(Cl)cc2)s1.O=P([O-])([O-])[O-]. The Morgan fingerprint density at radius 1 is 1.15 bits per heavy atom. The Morgan fingerprint density at radius 3 is 2.05 bits per heavy atom. The zero-order chi connectivity index (χ0) is 15.3. The third kappa shape index (κ3) is 6.56. The summed E-state index contributed by atoms with van der Waals surface area (Å²) < 4.78 is 8.55. The minimum atomic E-state index is -5.39. The highest BCUT2D eigenvalue weighted by atomic mass is 35.5. The number of hydrogen-bond donors (Lipinski definition) is 0. The molecule has 0 radical (unpaired) electrons. The molecule has 6 nitrogen and oxygen atoms in total. The van der Waals surface area contributed by atoms with E-state index in [2.05, 4.69) is 24.0 Å².